The maximum Gasteiger partial charge on any atom is 0.270 e. The van der Waals surface area contributed by atoms with Crippen LogP contribution in [0.2, 0.25) is 0 Å². The fourth-order valence-electron chi connectivity index (χ4n) is 2.79. The zero-order valence-electron chi connectivity index (χ0n) is 12.9. The van der Waals surface area contributed by atoms with Crippen molar-refractivity contribution in [2.45, 2.75) is 31.4 Å². The summed E-state index contributed by atoms with van der Waals surface area (Å²) in [5.41, 5.74) is 7.03. The van der Waals surface area contributed by atoms with Crippen molar-refractivity contribution in [2.75, 3.05) is 11.9 Å². The third kappa shape index (κ3) is 3.33. The van der Waals surface area contributed by atoms with Gasteiger partial charge in [-0.15, -0.1) is 23.7 Å². The van der Waals surface area contributed by atoms with Gasteiger partial charge in [-0.1, -0.05) is 12.1 Å². The fraction of sp³-hybridized carbons (Fsp3) is 0.375. The maximum atomic E-state index is 12.4. The standard InChI is InChI=1S/C16H17N3O3S.ClH/c17-9-5-6-10-14(7-9)23-16(18-10)19-15(20)13-8-21-11-3-1-2-4-12(11)22-13;/h1-4,9,13H,5-8,17H2,(H,18,19,20);1H/t9-,13?;/m0./s1. The third-order valence-electron chi connectivity index (χ3n) is 4.01. The SMILES string of the molecule is Cl.N[C@H]1CCc2nc(NC(=O)C3COc4ccccc4O3)sc2C1. The number of aromatic nitrogens is 1. The summed E-state index contributed by atoms with van der Waals surface area (Å²) in [4.78, 5) is 18.1. The highest BCUT2D eigenvalue weighted by molar-refractivity contribution is 7.15. The van der Waals surface area contributed by atoms with E-state index in [2.05, 4.69) is 10.3 Å². The van der Waals surface area contributed by atoms with Crippen LogP contribution >= 0.6 is 23.7 Å². The van der Waals surface area contributed by atoms with Gasteiger partial charge < -0.3 is 15.2 Å². The van der Waals surface area contributed by atoms with Gasteiger partial charge in [0.05, 0.1) is 5.69 Å². The van der Waals surface area contributed by atoms with Crippen LogP contribution in [-0.4, -0.2) is 29.6 Å². The van der Waals surface area contributed by atoms with Crippen LogP contribution in [0.5, 0.6) is 11.5 Å². The van der Waals surface area contributed by atoms with Crippen molar-refractivity contribution >= 4 is 34.8 Å². The van der Waals surface area contributed by atoms with Crippen molar-refractivity contribution < 1.29 is 14.3 Å². The summed E-state index contributed by atoms with van der Waals surface area (Å²) in [5.74, 6) is 1.01. The van der Waals surface area contributed by atoms with Crippen LogP contribution < -0.4 is 20.5 Å². The molecule has 2 aromatic rings. The predicted octanol–water partition coefficient (Wildman–Crippen LogP) is 2.16. The molecule has 1 aliphatic carbocycles. The molecule has 6 nitrogen and oxygen atoms in total. The van der Waals surface area contributed by atoms with Gasteiger partial charge in [0.2, 0.25) is 6.10 Å². The molecule has 2 heterocycles. The van der Waals surface area contributed by atoms with Crippen molar-refractivity contribution in [3.63, 3.8) is 0 Å². The first kappa shape index (κ1) is 17.0. The summed E-state index contributed by atoms with van der Waals surface area (Å²) in [6, 6.07) is 7.52. The molecule has 0 saturated heterocycles. The number of nitrogens with two attached hydrogens (primary N) is 1. The molecule has 8 heteroatoms. The molecule has 0 radical (unpaired) electrons. The highest BCUT2D eigenvalue weighted by Crippen LogP contribution is 2.32. The maximum absolute atomic E-state index is 12.4. The molecule has 2 atom stereocenters. The molecule has 1 aromatic heterocycles. The number of amides is 1. The lowest BCUT2D eigenvalue weighted by Gasteiger charge is -2.25. The molecule has 4 rings (SSSR count). The van der Waals surface area contributed by atoms with E-state index < -0.39 is 6.10 Å². The quantitative estimate of drug-likeness (QED) is 0.849. The zero-order valence-corrected chi connectivity index (χ0v) is 14.5. The fourth-order valence-corrected chi connectivity index (χ4v) is 3.89. The highest BCUT2D eigenvalue weighted by Gasteiger charge is 2.28. The van der Waals surface area contributed by atoms with E-state index >= 15 is 0 Å². The van der Waals surface area contributed by atoms with Crippen LogP contribution in [0.4, 0.5) is 5.13 Å². The van der Waals surface area contributed by atoms with Gasteiger partial charge in [-0.2, -0.15) is 0 Å². The third-order valence-corrected chi connectivity index (χ3v) is 5.04. The molecule has 1 amide bonds. The first-order valence-corrected chi connectivity index (χ1v) is 8.44. The number of anilines is 1. The molecule has 0 saturated carbocycles. The Morgan fingerprint density at radius 2 is 2.12 bits per heavy atom. The van der Waals surface area contributed by atoms with Gasteiger partial charge in [-0.05, 0) is 31.4 Å². The minimum absolute atomic E-state index is 0. The Morgan fingerprint density at radius 3 is 2.96 bits per heavy atom. The number of carbonyl (C=O) groups excluding carboxylic acids is 1. The number of nitrogens with one attached hydrogen (secondary N) is 1. The van der Waals surface area contributed by atoms with Gasteiger partial charge in [0, 0.05) is 10.9 Å². The van der Waals surface area contributed by atoms with Gasteiger partial charge in [0.15, 0.2) is 16.6 Å². The monoisotopic (exact) mass is 367 g/mol. The molecular formula is C16H18ClN3O3S. The molecule has 0 spiro atoms. The zero-order chi connectivity index (χ0) is 15.8. The number of aryl methyl sites for hydroxylation is 1. The number of benzene rings is 1. The van der Waals surface area contributed by atoms with Gasteiger partial charge in [0.1, 0.15) is 6.61 Å². The van der Waals surface area contributed by atoms with E-state index in [0.29, 0.717) is 16.6 Å². The summed E-state index contributed by atoms with van der Waals surface area (Å²) >= 11 is 1.50. The van der Waals surface area contributed by atoms with E-state index in [-0.39, 0.29) is 31.0 Å². The second-order valence-corrected chi connectivity index (χ2v) is 6.83. The normalized spacial score (nSPS) is 21.4. The molecule has 3 N–H and O–H groups in total. The number of halogens is 1. The largest absolute Gasteiger partial charge is 0.485 e. The Labute approximate surface area is 149 Å². The lowest BCUT2D eigenvalue weighted by molar-refractivity contribution is -0.125. The number of nitrogens with zero attached hydrogens (tertiary/aromatic N) is 1. The van der Waals surface area contributed by atoms with Crippen molar-refractivity contribution in [3.05, 3.63) is 34.8 Å². The number of thiazole rings is 1. The molecule has 2 aliphatic rings. The average Bonchev–Trinajstić information content (AvgIpc) is 2.95. The van der Waals surface area contributed by atoms with Crippen LogP contribution in [0.3, 0.4) is 0 Å². The van der Waals surface area contributed by atoms with E-state index in [9.17, 15) is 4.79 Å². The lowest BCUT2D eigenvalue weighted by atomic mass is 9.99. The van der Waals surface area contributed by atoms with Crippen molar-refractivity contribution in [3.8, 4) is 11.5 Å². The van der Waals surface area contributed by atoms with E-state index in [4.69, 9.17) is 15.2 Å². The second kappa shape index (κ2) is 6.96. The van der Waals surface area contributed by atoms with E-state index in [1.54, 1.807) is 6.07 Å². The topological polar surface area (TPSA) is 86.5 Å². The van der Waals surface area contributed by atoms with Crippen LogP contribution in [0.1, 0.15) is 17.0 Å². The minimum Gasteiger partial charge on any atom is -0.485 e. The van der Waals surface area contributed by atoms with Crippen LogP contribution in [-0.2, 0) is 17.6 Å². The number of para-hydroxylation sites is 2. The van der Waals surface area contributed by atoms with E-state index in [1.165, 1.54) is 16.2 Å². The first-order valence-electron chi connectivity index (χ1n) is 7.62. The number of hydrogen-bond acceptors (Lipinski definition) is 6. The molecule has 0 fully saturated rings. The Hall–Kier alpha value is -1.83. The molecule has 0 bridgehead atoms. The minimum atomic E-state index is -0.673. The smallest absolute Gasteiger partial charge is 0.270 e. The summed E-state index contributed by atoms with van der Waals surface area (Å²) in [6.07, 6.45) is 1.98. The van der Waals surface area contributed by atoms with E-state index in [1.807, 2.05) is 18.2 Å². The predicted molar refractivity (Wildman–Crippen MR) is 94.3 cm³/mol. The van der Waals surface area contributed by atoms with Crippen LogP contribution in [0, 0.1) is 0 Å². The number of carbonyl (C=O) groups is 1. The number of hydrogen-bond donors (Lipinski definition) is 2. The van der Waals surface area contributed by atoms with Gasteiger partial charge in [-0.3, -0.25) is 10.1 Å². The molecule has 128 valence electrons. The lowest BCUT2D eigenvalue weighted by Crippen LogP contribution is -2.40. The number of ether oxygens (including phenoxy) is 2. The van der Waals surface area contributed by atoms with Gasteiger partial charge >= 0.3 is 0 Å². The van der Waals surface area contributed by atoms with Crippen LogP contribution in [0.15, 0.2) is 24.3 Å². The van der Waals surface area contributed by atoms with E-state index in [0.717, 1.165) is 25.0 Å². The first-order chi connectivity index (χ1) is 11.2. The van der Waals surface area contributed by atoms with Crippen molar-refractivity contribution in [1.29, 1.82) is 0 Å². The Morgan fingerprint density at radius 1 is 1.33 bits per heavy atom. The van der Waals surface area contributed by atoms with Crippen LogP contribution in [0.25, 0.3) is 0 Å². The number of rotatable bonds is 2. The Balaban J connectivity index is 0.00000169. The molecule has 1 unspecified atom stereocenters. The van der Waals surface area contributed by atoms with Gasteiger partial charge in [-0.25, -0.2) is 4.98 Å². The second-order valence-electron chi connectivity index (χ2n) is 5.75. The van der Waals surface area contributed by atoms with Crippen molar-refractivity contribution in [1.82, 2.24) is 4.98 Å². The summed E-state index contributed by atoms with van der Waals surface area (Å²) < 4.78 is 11.3. The molecular weight excluding hydrogens is 350 g/mol. The molecule has 1 aliphatic heterocycles. The summed E-state index contributed by atoms with van der Waals surface area (Å²) in [6.45, 7) is 0.193. The summed E-state index contributed by atoms with van der Waals surface area (Å²) in [7, 11) is 0. The Kier molecular flexibility index (Phi) is 4.93. The molecule has 1 aromatic carbocycles. The molecule has 24 heavy (non-hydrogen) atoms. The van der Waals surface area contributed by atoms with Gasteiger partial charge in [0.25, 0.3) is 5.91 Å². The average molecular weight is 368 g/mol. The Bertz CT molecular complexity index is 752. The summed E-state index contributed by atoms with van der Waals surface area (Å²) in [5, 5.41) is 3.45. The highest BCUT2D eigenvalue weighted by atomic mass is 35.5. The number of fused-ring (bicyclic) bond motifs is 2. The van der Waals surface area contributed by atoms with Crippen molar-refractivity contribution in [2.24, 2.45) is 5.73 Å².